The van der Waals surface area contributed by atoms with Crippen LogP contribution in [0.25, 0.3) is 10.8 Å². The van der Waals surface area contributed by atoms with E-state index in [0.717, 1.165) is 0 Å². The fraction of sp³-hybridized carbons (Fsp3) is 0.214. The summed E-state index contributed by atoms with van der Waals surface area (Å²) in [4.78, 5) is 11.4. The zero-order chi connectivity index (χ0) is 14.9. The Balaban J connectivity index is 2.75. The Bertz CT molecular complexity index is 767. The molecule has 1 amide bonds. The highest BCUT2D eigenvalue weighted by molar-refractivity contribution is 7.89. The van der Waals surface area contributed by atoms with Gasteiger partial charge in [0.1, 0.15) is 0 Å². The number of nitrogens with one attached hydrogen (secondary N) is 1. The smallest absolute Gasteiger partial charge is 0.243 e. The SMILES string of the molecule is CC(=O)Nc1cccc2c(S(=O)(=O)N(C)C)cccc12. The first kappa shape index (κ1) is 14.5. The molecular weight excluding hydrogens is 276 g/mol. The molecule has 0 bridgehead atoms. The second-order valence-electron chi connectivity index (χ2n) is 4.63. The standard InChI is InChI=1S/C14H16N2O3S/c1-10(17)15-13-8-4-7-12-11(13)6-5-9-14(12)20(18,19)16(2)3/h4-9H,1-3H3,(H,15,17). The topological polar surface area (TPSA) is 66.5 Å². The predicted octanol–water partition coefficient (Wildman–Crippen LogP) is 2.05. The Morgan fingerprint density at radius 1 is 1.05 bits per heavy atom. The van der Waals surface area contributed by atoms with E-state index >= 15 is 0 Å². The van der Waals surface area contributed by atoms with Crippen molar-refractivity contribution in [1.29, 1.82) is 0 Å². The maximum absolute atomic E-state index is 12.3. The Morgan fingerprint density at radius 2 is 1.65 bits per heavy atom. The molecular formula is C14H16N2O3S. The van der Waals surface area contributed by atoms with E-state index in [-0.39, 0.29) is 10.8 Å². The van der Waals surface area contributed by atoms with Gasteiger partial charge in [-0.1, -0.05) is 24.3 Å². The molecule has 0 aliphatic rings. The van der Waals surface area contributed by atoms with Crippen LogP contribution in [0.5, 0.6) is 0 Å². The van der Waals surface area contributed by atoms with E-state index in [2.05, 4.69) is 5.32 Å². The van der Waals surface area contributed by atoms with Crippen LogP contribution >= 0.6 is 0 Å². The van der Waals surface area contributed by atoms with Gasteiger partial charge in [-0.25, -0.2) is 12.7 Å². The molecule has 2 aromatic rings. The largest absolute Gasteiger partial charge is 0.326 e. The van der Waals surface area contributed by atoms with E-state index in [4.69, 9.17) is 0 Å². The third kappa shape index (κ3) is 2.52. The number of hydrogen-bond donors (Lipinski definition) is 1. The second-order valence-corrected chi connectivity index (χ2v) is 6.75. The van der Waals surface area contributed by atoms with Crippen molar-refractivity contribution in [2.24, 2.45) is 0 Å². The molecule has 0 saturated carbocycles. The Morgan fingerprint density at radius 3 is 2.25 bits per heavy atom. The van der Waals surface area contributed by atoms with E-state index in [1.165, 1.54) is 25.3 Å². The number of benzene rings is 2. The molecule has 20 heavy (non-hydrogen) atoms. The van der Waals surface area contributed by atoms with Crippen LogP contribution in [0.4, 0.5) is 5.69 Å². The van der Waals surface area contributed by atoms with Gasteiger partial charge in [-0.3, -0.25) is 4.79 Å². The lowest BCUT2D eigenvalue weighted by Crippen LogP contribution is -2.22. The zero-order valence-corrected chi connectivity index (χ0v) is 12.4. The Labute approximate surface area is 118 Å². The van der Waals surface area contributed by atoms with Crippen molar-refractivity contribution in [3.63, 3.8) is 0 Å². The van der Waals surface area contributed by atoms with Gasteiger partial charge < -0.3 is 5.32 Å². The Hall–Kier alpha value is -1.92. The van der Waals surface area contributed by atoms with E-state index < -0.39 is 10.0 Å². The number of rotatable bonds is 3. The number of nitrogens with zero attached hydrogens (tertiary/aromatic N) is 1. The number of hydrogen-bond acceptors (Lipinski definition) is 3. The average Bonchev–Trinajstić information content (AvgIpc) is 2.37. The first-order valence-corrected chi connectivity index (χ1v) is 7.50. The van der Waals surface area contributed by atoms with E-state index in [0.29, 0.717) is 16.5 Å². The monoisotopic (exact) mass is 292 g/mol. The molecule has 0 atom stereocenters. The summed E-state index contributed by atoms with van der Waals surface area (Å²) in [6, 6.07) is 10.2. The maximum atomic E-state index is 12.3. The van der Waals surface area contributed by atoms with Gasteiger partial charge in [0.25, 0.3) is 0 Å². The highest BCUT2D eigenvalue weighted by Crippen LogP contribution is 2.29. The van der Waals surface area contributed by atoms with E-state index in [9.17, 15) is 13.2 Å². The van der Waals surface area contributed by atoms with Crippen LogP contribution in [0.1, 0.15) is 6.92 Å². The quantitative estimate of drug-likeness (QED) is 0.941. The van der Waals surface area contributed by atoms with E-state index in [1.807, 2.05) is 0 Å². The number of carbonyl (C=O) groups excluding carboxylic acids is 1. The van der Waals surface area contributed by atoms with Gasteiger partial charge in [0.15, 0.2) is 0 Å². The fourth-order valence-corrected chi connectivity index (χ4v) is 3.10. The summed E-state index contributed by atoms with van der Waals surface area (Å²) in [5.74, 6) is -0.196. The molecule has 6 heteroatoms. The average molecular weight is 292 g/mol. The molecule has 0 aliphatic heterocycles. The van der Waals surface area contributed by atoms with Gasteiger partial charge in [0.05, 0.1) is 4.90 Å². The summed E-state index contributed by atoms with van der Waals surface area (Å²) in [6.45, 7) is 1.42. The minimum absolute atomic E-state index is 0.196. The summed E-state index contributed by atoms with van der Waals surface area (Å²) < 4.78 is 25.8. The third-order valence-electron chi connectivity index (χ3n) is 2.95. The maximum Gasteiger partial charge on any atom is 0.243 e. The van der Waals surface area contributed by atoms with Crippen LogP contribution in [0.2, 0.25) is 0 Å². The van der Waals surface area contributed by atoms with Crippen LogP contribution in [0.15, 0.2) is 41.3 Å². The molecule has 0 aliphatic carbocycles. The normalized spacial score (nSPS) is 11.8. The number of carbonyl (C=O) groups is 1. The zero-order valence-electron chi connectivity index (χ0n) is 11.5. The molecule has 0 fully saturated rings. The Kier molecular flexibility index (Phi) is 3.78. The van der Waals surface area contributed by atoms with Crippen LogP contribution < -0.4 is 5.32 Å². The molecule has 0 aromatic heterocycles. The molecule has 2 aromatic carbocycles. The molecule has 0 saturated heterocycles. The van der Waals surface area contributed by atoms with Crippen LogP contribution in [0.3, 0.4) is 0 Å². The molecule has 0 spiro atoms. The predicted molar refractivity (Wildman–Crippen MR) is 79.1 cm³/mol. The lowest BCUT2D eigenvalue weighted by atomic mass is 10.1. The summed E-state index contributed by atoms with van der Waals surface area (Å²) in [5, 5.41) is 4.00. The number of anilines is 1. The fourth-order valence-electron chi connectivity index (χ4n) is 2.00. The van der Waals surface area contributed by atoms with Gasteiger partial charge in [-0.05, 0) is 12.1 Å². The molecule has 1 N–H and O–H groups in total. The molecule has 0 unspecified atom stereocenters. The van der Waals surface area contributed by atoms with Crippen molar-refractivity contribution in [3.8, 4) is 0 Å². The molecule has 2 rings (SSSR count). The number of fused-ring (bicyclic) bond motifs is 1. The first-order chi connectivity index (χ1) is 9.34. The minimum atomic E-state index is -3.53. The van der Waals surface area contributed by atoms with Gasteiger partial charge in [0.2, 0.25) is 15.9 Å². The van der Waals surface area contributed by atoms with Crippen molar-refractivity contribution in [2.75, 3.05) is 19.4 Å². The van der Waals surface area contributed by atoms with E-state index in [1.54, 1.807) is 36.4 Å². The van der Waals surface area contributed by atoms with Gasteiger partial charge >= 0.3 is 0 Å². The summed E-state index contributed by atoms with van der Waals surface area (Å²) in [5.41, 5.74) is 0.603. The highest BCUT2D eigenvalue weighted by Gasteiger charge is 2.20. The van der Waals surface area contributed by atoms with Crippen molar-refractivity contribution >= 4 is 32.4 Å². The van der Waals surface area contributed by atoms with Crippen molar-refractivity contribution in [1.82, 2.24) is 4.31 Å². The van der Waals surface area contributed by atoms with Crippen LogP contribution in [-0.4, -0.2) is 32.7 Å². The summed E-state index contributed by atoms with van der Waals surface area (Å²) >= 11 is 0. The van der Waals surface area contributed by atoms with Gasteiger partial charge in [0, 0.05) is 37.5 Å². The lowest BCUT2D eigenvalue weighted by molar-refractivity contribution is -0.114. The second kappa shape index (κ2) is 5.22. The van der Waals surface area contributed by atoms with Gasteiger partial charge in [-0.15, -0.1) is 0 Å². The summed E-state index contributed by atoms with van der Waals surface area (Å²) in [6.07, 6.45) is 0. The van der Waals surface area contributed by atoms with Crippen LogP contribution in [-0.2, 0) is 14.8 Å². The van der Waals surface area contributed by atoms with Crippen molar-refractivity contribution in [3.05, 3.63) is 36.4 Å². The van der Waals surface area contributed by atoms with Gasteiger partial charge in [-0.2, -0.15) is 0 Å². The first-order valence-electron chi connectivity index (χ1n) is 6.06. The molecule has 0 heterocycles. The van der Waals surface area contributed by atoms with Crippen molar-refractivity contribution < 1.29 is 13.2 Å². The van der Waals surface area contributed by atoms with Crippen LogP contribution in [0, 0.1) is 0 Å². The highest BCUT2D eigenvalue weighted by atomic mass is 32.2. The summed E-state index contributed by atoms with van der Waals surface area (Å²) in [7, 11) is -0.544. The van der Waals surface area contributed by atoms with Crippen molar-refractivity contribution in [2.45, 2.75) is 11.8 Å². The third-order valence-corrected chi connectivity index (χ3v) is 4.82. The minimum Gasteiger partial charge on any atom is -0.326 e. The number of amides is 1. The molecule has 106 valence electrons. The molecule has 0 radical (unpaired) electrons. The number of sulfonamides is 1. The lowest BCUT2D eigenvalue weighted by Gasteiger charge is -2.15. The molecule has 5 nitrogen and oxygen atoms in total.